The topological polar surface area (TPSA) is 66.4 Å². The number of anilines is 1. The zero-order chi connectivity index (χ0) is 18.1. The Kier molecular flexibility index (Phi) is 5.19. The van der Waals surface area contributed by atoms with Gasteiger partial charge in [0.25, 0.3) is 5.91 Å². The SMILES string of the molecule is O=C(Nc1ccc(Br)cc1C(=O)O)c1cc(C(F)(F)F)ccc1Cl. The molecule has 2 rings (SSSR count). The Morgan fingerprint density at radius 2 is 1.75 bits per heavy atom. The fourth-order valence-corrected chi connectivity index (χ4v) is 2.43. The van der Waals surface area contributed by atoms with E-state index >= 15 is 0 Å². The van der Waals surface area contributed by atoms with Crippen LogP contribution in [-0.2, 0) is 6.18 Å². The molecule has 0 aliphatic heterocycles. The van der Waals surface area contributed by atoms with Crippen LogP contribution in [0.4, 0.5) is 18.9 Å². The number of hydrogen-bond acceptors (Lipinski definition) is 2. The Hall–Kier alpha value is -2.06. The summed E-state index contributed by atoms with van der Waals surface area (Å²) >= 11 is 8.88. The van der Waals surface area contributed by atoms with Crippen molar-refractivity contribution in [1.29, 1.82) is 0 Å². The van der Waals surface area contributed by atoms with Crippen LogP contribution in [-0.4, -0.2) is 17.0 Å². The molecule has 0 spiro atoms. The summed E-state index contributed by atoms with van der Waals surface area (Å²) in [6, 6.07) is 6.37. The van der Waals surface area contributed by atoms with Crippen LogP contribution < -0.4 is 5.32 Å². The van der Waals surface area contributed by atoms with Gasteiger partial charge in [0, 0.05) is 4.47 Å². The minimum atomic E-state index is -4.64. The van der Waals surface area contributed by atoms with Crippen molar-refractivity contribution in [2.24, 2.45) is 0 Å². The Bertz CT molecular complexity index is 824. The van der Waals surface area contributed by atoms with Gasteiger partial charge in [0.2, 0.25) is 0 Å². The average molecular weight is 423 g/mol. The molecule has 9 heteroatoms. The third kappa shape index (κ3) is 4.07. The maximum absolute atomic E-state index is 12.7. The molecule has 0 saturated carbocycles. The van der Waals surface area contributed by atoms with Crippen LogP contribution in [0.25, 0.3) is 0 Å². The molecule has 0 aliphatic carbocycles. The molecule has 4 nitrogen and oxygen atoms in total. The molecular formula is C15H8BrClF3NO3. The third-order valence-electron chi connectivity index (χ3n) is 3.00. The van der Waals surface area contributed by atoms with Crippen molar-refractivity contribution in [3.05, 3.63) is 62.6 Å². The van der Waals surface area contributed by atoms with Gasteiger partial charge in [-0.3, -0.25) is 4.79 Å². The van der Waals surface area contributed by atoms with Crippen molar-refractivity contribution in [1.82, 2.24) is 0 Å². The minimum absolute atomic E-state index is 0.0656. The quantitative estimate of drug-likeness (QED) is 0.726. The predicted octanol–water partition coefficient (Wildman–Crippen LogP) is 5.07. The van der Waals surface area contributed by atoms with Gasteiger partial charge in [-0.15, -0.1) is 0 Å². The fourth-order valence-electron chi connectivity index (χ4n) is 1.87. The van der Waals surface area contributed by atoms with E-state index in [4.69, 9.17) is 16.7 Å². The number of alkyl halides is 3. The number of rotatable bonds is 3. The highest BCUT2D eigenvalue weighted by atomic mass is 79.9. The van der Waals surface area contributed by atoms with E-state index in [2.05, 4.69) is 21.2 Å². The number of aromatic carboxylic acids is 1. The lowest BCUT2D eigenvalue weighted by Gasteiger charge is -2.12. The second-order valence-corrected chi connectivity index (χ2v) is 5.96. The molecule has 1 amide bonds. The Morgan fingerprint density at radius 1 is 1.08 bits per heavy atom. The Morgan fingerprint density at radius 3 is 2.33 bits per heavy atom. The molecule has 0 aromatic heterocycles. The molecule has 2 aromatic rings. The van der Waals surface area contributed by atoms with E-state index in [0.29, 0.717) is 10.5 Å². The van der Waals surface area contributed by atoms with Gasteiger partial charge >= 0.3 is 12.1 Å². The highest BCUT2D eigenvalue weighted by molar-refractivity contribution is 9.10. The van der Waals surface area contributed by atoms with Crippen LogP contribution in [0.1, 0.15) is 26.3 Å². The number of benzene rings is 2. The summed E-state index contributed by atoms with van der Waals surface area (Å²) in [6.45, 7) is 0. The second kappa shape index (κ2) is 6.82. The molecule has 126 valence electrons. The number of carbonyl (C=O) groups is 2. The van der Waals surface area contributed by atoms with Crippen LogP contribution in [0.2, 0.25) is 5.02 Å². The van der Waals surface area contributed by atoms with Crippen LogP contribution in [0.15, 0.2) is 40.9 Å². The second-order valence-electron chi connectivity index (χ2n) is 4.64. The molecule has 0 aliphatic rings. The fraction of sp³-hybridized carbons (Fsp3) is 0.0667. The molecule has 24 heavy (non-hydrogen) atoms. The van der Waals surface area contributed by atoms with Crippen LogP contribution in [0.5, 0.6) is 0 Å². The maximum Gasteiger partial charge on any atom is 0.416 e. The molecule has 2 N–H and O–H groups in total. The summed E-state index contributed by atoms with van der Waals surface area (Å²) in [5.74, 6) is -2.25. The van der Waals surface area contributed by atoms with Crippen molar-refractivity contribution in [2.75, 3.05) is 5.32 Å². The lowest BCUT2D eigenvalue weighted by atomic mass is 10.1. The first kappa shape index (κ1) is 18.3. The van der Waals surface area contributed by atoms with E-state index in [-0.39, 0.29) is 16.3 Å². The smallest absolute Gasteiger partial charge is 0.416 e. The van der Waals surface area contributed by atoms with E-state index in [9.17, 15) is 22.8 Å². The van der Waals surface area contributed by atoms with Crippen molar-refractivity contribution >= 4 is 45.1 Å². The Labute approximate surface area is 147 Å². The average Bonchev–Trinajstić information content (AvgIpc) is 2.48. The van der Waals surface area contributed by atoms with Gasteiger partial charge in [-0.05, 0) is 36.4 Å². The minimum Gasteiger partial charge on any atom is -0.478 e. The molecule has 0 radical (unpaired) electrons. The van der Waals surface area contributed by atoms with E-state index in [0.717, 1.165) is 12.1 Å². The molecule has 0 fully saturated rings. The summed E-state index contributed by atoms with van der Waals surface area (Å²) in [6.07, 6.45) is -4.64. The highest BCUT2D eigenvalue weighted by Crippen LogP contribution is 2.32. The first-order chi connectivity index (χ1) is 11.1. The van der Waals surface area contributed by atoms with Crippen LogP contribution in [0.3, 0.4) is 0 Å². The normalized spacial score (nSPS) is 11.2. The molecule has 0 heterocycles. The van der Waals surface area contributed by atoms with E-state index in [1.165, 1.54) is 18.2 Å². The molecule has 0 atom stereocenters. The lowest BCUT2D eigenvalue weighted by Crippen LogP contribution is -2.16. The van der Waals surface area contributed by atoms with Gasteiger partial charge in [-0.25, -0.2) is 4.79 Å². The molecule has 0 saturated heterocycles. The van der Waals surface area contributed by atoms with Crippen LogP contribution in [0, 0.1) is 0 Å². The van der Waals surface area contributed by atoms with E-state index in [1.54, 1.807) is 0 Å². The molecule has 0 unspecified atom stereocenters. The zero-order valence-corrected chi connectivity index (χ0v) is 14.0. The summed E-state index contributed by atoms with van der Waals surface area (Å²) in [4.78, 5) is 23.4. The van der Waals surface area contributed by atoms with Gasteiger partial charge in [0.1, 0.15) is 0 Å². The highest BCUT2D eigenvalue weighted by Gasteiger charge is 2.31. The Balaban J connectivity index is 2.39. The van der Waals surface area contributed by atoms with Gasteiger partial charge in [0.05, 0.1) is 27.4 Å². The van der Waals surface area contributed by atoms with E-state index < -0.39 is 29.2 Å². The number of nitrogens with one attached hydrogen (secondary N) is 1. The zero-order valence-electron chi connectivity index (χ0n) is 11.6. The summed E-state index contributed by atoms with van der Waals surface area (Å²) < 4.78 is 38.7. The van der Waals surface area contributed by atoms with Crippen molar-refractivity contribution in [3.63, 3.8) is 0 Å². The number of halogens is 5. The monoisotopic (exact) mass is 421 g/mol. The van der Waals surface area contributed by atoms with Gasteiger partial charge in [-0.2, -0.15) is 13.2 Å². The number of amides is 1. The van der Waals surface area contributed by atoms with Crippen LogP contribution >= 0.6 is 27.5 Å². The van der Waals surface area contributed by atoms with Crippen molar-refractivity contribution < 1.29 is 27.9 Å². The van der Waals surface area contributed by atoms with Crippen molar-refractivity contribution in [3.8, 4) is 0 Å². The first-order valence-electron chi connectivity index (χ1n) is 6.30. The van der Waals surface area contributed by atoms with E-state index in [1.807, 2.05) is 0 Å². The van der Waals surface area contributed by atoms with Gasteiger partial charge in [-0.1, -0.05) is 27.5 Å². The molecule has 2 aromatic carbocycles. The predicted molar refractivity (Wildman–Crippen MR) is 85.5 cm³/mol. The van der Waals surface area contributed by atoms with Gasteiger partial charge < -0.3 is 10.4 Å². The molecular weight excluding hydrogens is 415 g/mol. The number of carboxylic acids is 1. The van der Waals surface area contributed by atoms with Gasteiger partial charge in [0.15, 0.2) is 0 Å². The van der Waals surface area contributed by atoms with Crippen molar-refractivity contribution in [2.45, 2.75) is 6.18 Å². The number of carbonyl (C=O) groups excluding carboxylic acids is 1. The third-order valence-corrected chi connectivity index (χ3v) is 3.82. The number of hydrogen-bond donors (Lipinski definition) is 2. The molecule has 0 bridgehead atoms. The summed E-state index contributed by atoms with van der Waals surface area (Å²) in [5, 5.41) is 11.2. The standard InChI is InChI=1S/C15H8BrClF3NO3/c16-8-2-4-12(10(6-8)14(23)24)21-13(22)9-5-7(15(18,19)20)1-3-11(9)17/h1-6H,(H,21,22)(H,23,24). The summed E-state index contributed by atoms with van der Waals surface area (Å²) in [7, 11) is 0. The first-order valence-corrected chi connectivity index (χ1v) is 7.47. The lowest BCUT2D eigenvalue weighted by molar-refractivity contribution is -0.137. The summed E-state index contributed by atoms with van der Waals surface area (Å²) in [5.41, 5.74) is -1.73. The number of carboxylic acid groups (broad SMARTS) is 1. The maximum atomic E-state index is 12.7. The largest absolute Gasteiger partial charge is 0.478 e.